The molecule has 0 bridgehead atoms. The number of carbonyl (C=O) groups excluding carboxylic acids is 1. The number of hydrogen-bond acceptors (Lipinski definition) is 3. The van der Waals surface area contributed by atoms with E-state index in [1.807, 2.05) is 0 Å². The van der Waals surface area contributed by atoms with Gasteiger partial charge in [0, 0.05) is 41.0 Å². The van der Waals surface area contributed by atoms with Crippen LogP contribution >= 0.6 is 0 Å². The molecular formula is C23H18F2N4O. The predicted octanol–water partition coefficient (Wildman–Crippen LogP) is 4.38. The summed E-state index contributed by atoms with van der Waals surface area (Å²) >= 11 is 0. The molecule has 1 aliphatic rings. The Morgan fingerprint density at radius 3 is 2.83 bits per heavy atom. The molecule has 7 heteroatoms. The molecule has 1 amide bonds. The molecule has 1 aliphatic heterocycles. The quantitative estimate of drug-likeness (QED) is 0.505. The normalized spacial score (nSPS) is 17.9. The molecule has 30 heavy (non-hydrogen) atoms. The molecule has 0 atom stereocenters. The van der Waals surface area contributed by atoms with Crippen LogP contribution in [0.25, 0.3) is 22.0 Å². The van der Waals surface area contributed by atoms with Crippen LogP contribution in [-0.4, -0.2) is 25.6 Å². The molecule has 3 heterocycles. The Kier molecular flexibility index (Phi) is 3.05. The summed E-state index contributed by atoms with van der Waals surface area (Å²) < 4.78 is 69.8. The van der Waals surface area contributed by atoms with Gasteiger partial charge in [0.1, 0.15) is 11.3 Å². The molecule has 0 fully saturated rings. The van der Waals surface area contributed by atoms with Gasteiger partial charge in [-0.15, -0.1) is 0 Å². The van der Waals surface area contributed by atoms with E-state index >= 15 is 4.39 Å². The van der Waals surface area contributed by atoms with Gasteiger partial charge in [0.05, 0.1) is 20.5 Å². The third-order valence-electron chi connectivity index (χ3n) is 5.20. The van der Waals surface area contributed by atoms with Crippen LogP contribution in [0.15, 0.2) is 48.8 Å². The van der Waals surface area contributed by atoms with Gasteiger partial charge in [-0.05, 0) is 47.9 Å². The minimum absolute atomic E-state index is 0.0142. The summed E-state index contributed by atoms with van der Waals surface area (Å²) in [6.07, 6.45) is 2.59. The molecule has 0 spiro atoms. The smallest absolute Gasteiger partial charge is 0.256 e. The highest BCUT2D eigenvalue weighted by atomic mass is 19.1. The number of benzene rings is 2. The highest BCUT2D eigenvalue weighted by Crippen LogP contribution is 2.33. The Balaban J connectivity index is 1.56. The van der Waals surface area contributed by atoms with Crippen molar-refractivity contribution in [1.82, 2.24) is 19.7 Å². The first-order valence-electron chi connectivity index (χ1n) is 11.6. The zero-order chi connectivity index (χ0) is 25.3. The fourth-order valence-electron chi connectivity index (χ4n) is 3.71. The van der Waals surface area contributed by atoms with Crippen molar-refractivity contribution in [3.63, 3.8) is 0 Å². The average Bonchev–Trinajstić information content (AvgIpc) is 3.32. The van der Waals surface area contributed by atoms with Crippen LogP contribution in [0.4, 0.5) is 8.78 Å². The molecule has 5 rings (SSSR count). The number of pyridine rings is 1. The maximum Gasteiger partial charge on any atom is 0.256 e. The Labute approximate surface area is 178 Å². The van der Waals surface area contributed by atoms with Gasteiger partial charge in [-0.2, -0.15) is 5.10 Å². The fourth-order valence-corrected chi connectivity index (χ4v) is 3.71. The van der Waals surface area contributed by atoms with Crippen molar-refractivity contribution in [3.8, 4) is 11.1 Å². The standard InChI is InChI=1S/C23H18F2N4O/c1-13-8-14(15-5-6-19(24)22-18(15)10-28(2)27-22)9-20(25)17(13)11-29-12-21-16(23(29)30)4-3-7-26-21/h3-10H,11-12H2,1-2H3/i2D3,12D2. The number of aryl methyl sites for hydroxylation is 2. The molecular weight excluding hydrogens is 386 g/mol. The van der Waals surface area contributed by atoms with Crippen molar-refractivity contribution >= 4 is 16.8 Å². The predicted molar refractivity (Wildman–Crippen MR) is 109 cm³/mol. The second-order valence-corrected chi connectivity index (χ2v) is 7.09. The van der Waals surface area contributed by atoms with Crippen molar-refractivity contribution in [1.29, 1.82) is 0 Å². The number of halogens is 2. The highest BCUT2D eigenvalue weighted by molar-refractivity contribution is 5.98. The third-order valence-corrected chi connectivity index (χ3v) is 5.20. The van der Waals surface area contributed by atoms with Crippen LogP contribution < -0.4 is 0 Å². The van der Waals surface area contributed by atoms with Crippen LogP contribution in [0.1, 0.15) is 34.0 Å². The lowest BCUT2D eigenvalue weighted by molar-refractivity contribution is 0.0764. The van der Waals surface area contributed by atoms with Crippen LogP contribution in [-0.2, 0) is 20.0 Å². The largest absolute Gasteiger partial charge is 0.328 e. The summed E-state index contributed by atoms with van der Waals surface area (Å²) in [4.78, 5) is 17.8. The second-order valence-electron chi connectivity index (χ2n) is 7.09. The van der Waals surface area contributed by atoms with Crippen LogP contribution in [0.3, 0.4) is 0 Å². The minimum Gasteiger partial charge on any atom is -0.328 e. The van der Waals surface area contributed by atoms with Crippen LogP contribution in [0, 0.1) is 18.6 Å². The number of rotatable bonds is 3. The molecule has 4 aromatic rings. The average molecular weight is 409 g/mol. The number of hydrogen-bond donors (Lipinski definition) is 0. The van der Waals surface area contributed by atoms with Gasteiger partial charge in [0.2, 0.25) is 0 Å². The number of aromatic nitrogens is 3. The Hall–Kier alpha value is -3.61. The monoisotopic (exact) mass is 409 g/mol. The fraction of sp³-hybridized carbons (Fsp3) is 0.174. The molecule has 0 saturated heterocycles. The van der Waals surface area contributed by atoms with Gasteiger partial charge in [-0.3, -0.25) is 14.5 Å². The summed E-state index contributed by atoms with van der Waals surface area (Å²) in [5.74, 6) is -1.98. The first kappa shape index (κ1) is 13.6. The summed E-state index contributed by atoms with van der Waals surface area (Å²) in [6.45, 7) is -3.52. The van der Waals surface area contributed by atoms with E-state index in [4.69, 9.17) is 6.85 Å². The van der Waals surface area contributed by atoms with Crippen molar-refractivity contribution in [2.24, 2.45) is 6.98 Å². The van der Waals surface area contributed by atoms with Gasteiger partial charge in [0.25, 0.3) is 5.91 Å². The number of nitrogens with zero attached hydrogens (tertiary/aromatic N) is 4. The molecule has 5 nitrogen and oxygen atoms in total. The molecule has 150 valence electrons. The van der Waals surface area contributed by atoms with E-state index in [2.05, 4.69) is 10.1 Å². The summed E-state index contributed by atoms with van der Waals surface area (Å²) in [7, 11) is 0. The first-order chi connectivity index (χ1) is 16.4. The molecule has 0 N–H and O–H groups in total. The van der Waals surface area contributed by atoms with Crippen molar-refractivity contribution in [2.45, 2.75) is 20.0 Å². The van der Waals surface area contributed by atoms with Crippen molar-refractivity contribution < 1.29 is 20.4 Å². The van der Waals surface area contributed by atoms with Gasteiger partial charge >= 0.3 is 0 Å². The Bertz CT molecular complexity index is 1490. The van der Waals surface area contributed by atoms with Gasteiger partial charge in [-0.1, -0.05) is 12.1 Å². The lowest BCUT2D eigenvalue weighted by Crippen LogP contribution is -2.24. The highest BCUT2D eigenvalue weighted by Gasteiger charge is 2.29. The van der Waals surface area contributed by atoms with E-state index in [1.54, 1.807) is 13.0 Å². The topological polar surface area (TPSA) is 51.0 Å². The molecule has 0 unspecified atom stereocenters. The zero-order valence-corrected chi connectivity index (χ0v) is 15.8. The summed E-state index contributed by atoms with van der Waals surface area (Å²) in [6, 6.07) is 8.39. The second kappa shape index (κ2) is 6.73. The van der Waals surface area contributed by atoms with Gasteiger partial charge in [0.15, 0.2) is 5.82 Å². The van der Waals surface area contributed by atoms with Crippen LogP contribution in [0.5, 0.6) is 0 Å². The van der Waals surface area contributed by atoms with Gasteiger partial charge < -0.3 is 4.90 Å². The minimum atomic E-state index is -2.61. The Morgan fingerprint density at radius 1 is 1.20 bits per heavy atom. The summed E-state index contributed by atoms with van der Waals surface area (Å²) in [5, 5.41) is 4.05. The number of fused-ring (bicyclic) bond motifs is 2. The van der Waals surface area contributed by atoms with E-state index in [-0.39, 0.29) is 34.3 Å². The number of carbonyl (C=O) groups is 1. The van der Waals surface area contributed by atoms with Crippen LogP contribution in [0.2, 0.25) is 0 Å². The lowest BCUT2D eigenvalue weighted by Gasteiger charge is -2.18. The van der Waals surface area contributed by atoms with E-state index < -0.39 is 31.0 Å². The number of amides is 1. The van der Waals surface area contributed by atoms with E-state index in [0.29, 0.717) is 21.4 Å². The zero-order valence-electron chi connectivity index (χ0n) is 20.8. The summed E-state index contributed by atoms with van der Waals surface area (Å²) in [5.41, 5.74) is 1.27. The van der Waals surface area contributed by atoms with E-state index in [9.17, 15) is 9.18 Å². The van der Waals surface area contributed by atoms with Crippen molar-refractivity contribution in [2.75, 3.05) is 0 Å². The molecule has 2 aromatic heterocycles. The Morgan fingerprint density at radius 2 is 2.07 bits per heavy atom. The molecule has 2 aromatic carbocycles. The molecule has 0 radical (unpaired) electrons. The van der Waals surface area contributed by atoms with E-state index in [0.717, 1.165) is 11.0 Å². The van der Waals surface area contributed by atoms with Crippen molar-refractivity contribution in [3.05, 3.63) is 82.8 Å². The van der Waals surface area contributed by atoms with Gasteiger partial charge in [-0.25, -0.2) is 8.78 Å². The third kappa shape index (κ3) is 2.85. The lowest BCUT2D eigenvalue weighted by atomic mass is 9.96. The maximum atomic E-state index is 15.4. The first-order valence-corrected chi connectivity index (χ1v) is 9.15. The van der Waals surface area contributed by atoms with E-state index in [1.165, 1.54) is 36.7 Å². The molecule has 0 aliphatic carbocycles. The maximum absolute atomic E-state index is 15.4. The molecule has 0 saturated carbocycles. The SMILES string of the molecule is [2H]C1([2H])c2ncccc2C(=O)N1Cc1c(C)cc(-c2ccc(F)c3nn(C([2H])([2H])[2H])cc23)cc1F.